The van der Waals surface area contributed by atoms with Gasteiger partial charge in [0.25, 0.3) is 5.91 Å². The minimum absolute atomic E-state index is 0.197. The van der Waals surface area contributed by atoms with Crippen LogP contribution in [0.4, 0.5) is 0 Å². The third-order valence-electron chi connectivity index (χ3n) is 4.07. The Hall–Kier alpha value is -2.22. The molecule has 122 valence electrons. The first kappa shape index (κ1) is 15.7. The molecule has 1 amide bonds. The standard InChI is InChI=1S/C15H18N4O3S/c1-10-4-5-19(13(7-10)15(21)22)14(20)12-9-18(17-16-12)8-11-3-2-6-23-11/h2-3,6,9-10,13H,4-5,7-8H2,1H3,(H,21,22). The molecule has 7 nitrogen and oxygen atoms in total. The first-order valence-corrected chi connectivity index (χ1v) is 8.39. The summed E-state index contributed by atoms with van der Waals surface area (Å²) >= 11 is 1.61. The summed E-state index contributed by atoms with van der Waals surface area (Å²) in [6.07, 6.45) is 2.86. The highest BCUT2D eigenvalue weighted by molar-refractivity contribution is 7.09. The first-order valence-electron chi connectivity index (χ1n) is 7.51. The van der Waals surface area contributed by atoms with Gasteiger partial charge >= 0.3 is 5.97 Å². The molecular weight excluding hydrogens is 316 g/mol. The van der Waals surface area contributed by atoms with Crippen molar-refractivity contribution in [3.63, 3.8) is 0 Å². The summed E-state index contributed by atoms with van der Waals surface area (Å²) in [5.41, 5.74) is 0.197. The van der Waals surface area contributed by atoms with Crippen LogP contribution in [0.3, 0.4) is 0 Å². The number of hydrogen-bond donors (Lipinski definition) is 1. The molecule has 2 aromatic rings. The molecule has 1 saturated heterocycles. The fraction of sp³-hybridized carbons (Fsp3) is 0.467. The number of rotatable bonds is 4. The largest absolute Gasteiger partial charge is 0.480 e. The summed E-state index contributed by atoms with van der Waals surface area (Å²) in [4.78, 5) is 26.5. The van der Waals surface area contributed by atoms with Crippen LogP contribution in [0.15, 0.2) is 23.7 Å². The Morgan fingerprint density at radius 1 is 1.48 bits per heavy atom. The van der Waals surface area contributed by atoms with Gasteiger partial charge in [-0.2, -0.15) is 0 Å². The lowest BCUT2D eigenvalue weighted by molar-refractivity contribution is -0.144. The van der Waals surface area contributed by atoms with Crippen molar-refractivity contribution in [2.75, 3.05) is 6.54 Å². The molecule has 0 bridgehead atoms. The number of carboxylic acid groups (broad SMARTS) is 1. The topological polar surface area (TPSA) is 88.3 Å². The van der Waals surface area contributed by atoms with Gasteiger partial charge in [-0.3, -0.25) is 4.79 Å². The number of thiophene rings is 1. The van der Waals surface area contributed by atoms with Crippen LogP contribution in [0, 0.1) is 5.92 Å². The van der Waals surface area contributed by atoms with Crippen LogP contribution >= 0.6 is 11.3 Å². The maximum absolute atomic E-state index is 12.6. The molecule has 0 aliphatic carbocycles. The highest BCUT2D eigenvalue weighted by atomic mass is 32.1. The monoisotopic (exact) mass is 334 g/mol. The first-order chi connectivity index (χ1) is 11.0. The lowest BCUT2D eigenvalue weighted by Gasteiger charge is -2.35. The van der Waals surface area contributed by atoms with Crippen LogP contribution in [0.1, 0.15) is 35.1 Å². The van der Waals surface area contributed by atoms with E-state index in [2.05, 4.69) is 10.3 Å². The highest BCUT2D eigenvalue weighted by Crippen LogP contribution is 2.24. The molecule has 2 aromatic heterocycles. The molecule has 0 saturated carbocycles. The zero-order chi connectivity index (χ0) is 16.4. The zero-order valence-electron chi connectivity index (χ0n) is 12.8. The van der Waals surface area contributed by atoms with E-state index in [1.54, 1.807) is 22.2 Å². The van der Waals surface area contributed by atoms with E-state index in [1.807, 2.05) is 24.4 Å². The number of aliphatic carboxylic acids is 1. The summed E-state index contributed by atoms with van der Waals surface area (Å²) < 4.78 is 1.60. The molecule has 0 aromatic carbocycles. The molecule has 2 unspecified atom stereocenters. The van der Waals surface area contributed by atoms with Crippen LogP contribution in [-0.2, 0) is 11.3 Å². The number of hydrogen-bond acceptors (Lipinski definition) is 5. The zero-order valence-corrected chi connectivity index (χ0v) is 13.6. The van der Waals surface area contributed by atoms with Gasteiger partial charge in [0.1, 0.15) is 6.04 Å². The van der Waals surface area contributed by atoms with E-state index in [0.717, 1.165) is 11.3 Å². The van der Waals surface area contributed by atoms with E-state index >= 15 is 0 Å². The summed E-state index contributed by atoms with van der Waals surface area (Å²) in [6.45, 7) is 3.00. The molecule has 2 atom stereocenters. The van der Waals surface area contributed by atoms with Gasteiger partial charge in [-0.05, 0) is 30.2 Å². The molecule has 8 heteroatoms. The minimum Gasteiger partial charge on any atom is -0.480 e. The fourth-order valence-corrected chi connectivity index (χ4v) is 3.50. The molecule has 0 radical (unpaired) electrons. The highest BCUT2D eigenvalue weighted by Gasteiger charge is 2.36. The van der Waals surface area contributed by atoms with Gasteiger partial charge in [0.05, 0.1) is 12.7 Å². The number of amides is 1. The molecular formula is C15H18N4O3S. The van der Waals surface area contributed by atoms with E-state index in [-0.39, 0.29) is 11.6 Å². The van der Waals surface area contributed by atoms with Gasteiger partial charge in [-0.15, -0.1) is 16.4 Å². The van der Waals surface area contributed by atoms with Gasteiger partial charge in [-0.1, -0.05) is 18.2 Å². The molecule has 23 heavy (non-hydrogen) atoms. The lowest BCUT2D eigenvalue weighted by atomic mass is 9.92. The van der Waals surface area contributed by atoms with Crippen molar-refractivity contribution in [3.8, 4) is 0 Å². The van der Waals surface area contributed by atoms with Crippen molar-refractivity contribution in [2.24, 2.45) is 5.92 Å². The predicted molar refractivity (Wildman–Crippen MR) is 84.3 cm³/mol. The Labute approximate surface area is 137 Å². The van der Waals surface area contributed by atoms with Crippen molar-refractivity contribution >= 4 is 23.2 Å². The number of piperidine rings is 1. The van der Waals surface area contributed by atoms with E-state index in [9.17, 15) is 14.7 Å². The second-order valence-electron chi connectivity index (χ2n) is 5.86. The van der Waals surface area contributed by atoms with Gasteiger partial charge in [-0.25, -0.2) is 9.48 Å². The molecule has 1 fully saturated rings. The number of aromatic nitrogens is 3. The summed E-state index contributed by atoms with van der Waals surface area (Å²) in [5.74, 6) is -1.02. The number of likely N-dealkylation sites (tertiary alicyclic amines) is 1. The smallest absolute Gasteiger partial charge is 0.326 e. The molecule has 3 rings (SSSR count). The quantitative estimate of drug-likeness (QED) is 0.919. The molecule has 1 N–H and O–H groups in total. The van der Waals surface area contributed by atoms with E-state index in [4.69, 9.17) is 0 Å². The van der Waals surface area contributed by atoms with E-state index in [1.165, 1.54) is 4.90 Å². The minimum atomic E-state index is -0.962. The van der Waals surface area contributed by atoms with Gasteiger partial charge < -0.3 is 10.0 Å². The molecule has 0 spiro atoms. The second kappa shape index (κ2) is 6.49. The van der Waals surface area contributed by atoms with E-state index < -0.39 is 12.0 Å². The fourth-order valence-electron chi connectivity index (χ4n) is 2.80. The normalized spacial score (nSPS) is 21.3. The Kier molecular flexibility index (Phi) is 4.42. The predicted octanol–water partition coefficient (Wildman–Crippen LogP) is 1.71. The summed E-state index contributed by atoms with van der Waals surface area (Å²) in [5, 5.41) is 19.2. The van der Waals surface area contributed by atoms with E-state index in [0.29, 0.717) is 25.4 Å². The van der Waals surface area contributed by atoms with Crippen molar-refractivity contribution in [1.82, 2.24) is 19.9 Å². The van der Waals surface area contributed by atoms with Crippen LogP contribution in [0.25, 0.3) is 0 Å². The van der Waals surface area contributed by atoms with Crippen molar-refractivity contribution < 1.29 is 14.7 Å². The third-order valence-corrected chi connectivity index (χ3v) is 4.93. The lowest BCUT2D eigenvalue weighted by Crippen LogP contribution is -2.49. The summed E-state index contributed by atoms with van der Waals surface area (Å²) in [6, 6.07) is 3.16. The van der Waals surface area contributed by atoms with Crippen molar-refractivity contribution in [1.29, 1.82) is 0 Å². The maximum atomic E-state index is 12.6. The average molecular weight is 334 g/mol. The van der Waals surface area contributed by atoms with Gasteiger partial charge in [0, 0.05) is 11.4 Å². The second-order valence-corrected chi connectivity index (χ2v) is 6.90. The number of carboxylic acids is 1. The molecule has 1 aliphatic rings. The number of nitrogens with zero attached hydrogens (tertiary/aromatic N) is 4. The SMILES string of the molecule is CC1CCN(C(=O)c2cn(Cc3cccs3)nn2)C(C(=O)O)C1. The Balaban J connectivity index is 1.74. The Bertz CT molecular complexity index is 697. The maximum Gasteiger partial charge on any atom is 0.326 e. The van der Waals surface area contributed by atoms with Gasteiger partial charge in [0.15, 0.2) is 5.69 Å². The van der Waals surface area contributed by atoms with Gasteiger partial charge in [0.2, 0.25) is 0 Å². The van der Waals surface area contributed by atoms with Crippen LogP contribution in [0.2, 0.25) is 0 Å². The summed E-state index contributed by atoms with van der Waals surface area (Å²) in [7, 11) is 0. The third kappa shape index (κ3) is 3.42. The average Bonchev–Trinajstić information content (AvgIpc) is 3.19. The van der Waals surface area contributed by atoms with Crippen molar-refractivity contribution in [3.05, 3.63) is 34.3 Å². The van der Waals surface area contributed by atoms with Crippen LogP contribution in [0.5, 0.6) is 0 Å². The van der Waals surface area contributed by atoms with Crippen LogP contribution in [-0.4, -0.2) is 49.5 Å². The molecule has 1 aliphatic heterocycles. The number of carbonyl (C=O) groups excluding carboxylic acids is 1. The van der Waals surface area contributed by atoms with Crippen LogP contribution < -0.4 is 0 Å². The number of carbonyl (C=O) groups is 2. The Morgan fingerprint density at radius 3 is 3.00 bits per heavy atom. The van der Waals surface area contributed by atoms with Crippen molar-refractivity contribution in [2.45, 2.75) is 32.4 Å². The molecule has 3 heterocycles. The Morgan fingerprint density at radius 2 is 2.30 bits per heavy atom.